The summed E-state index contributed by atoms with van der Waals surface area (Å²) in [5.41, 5.74) is -1.51. The molecule has 0 radical (unpaired) electrons. The van der Waals surface area contributed by atoms with Crippen molar-refractivity contribution >= 4 is 22.0 Å². The summed E-state index contributed by atoms with van der Waals surface area (Å²) in [7, 11) is 0. The van der Waals surface area contributed by atoms with Crippen molar-refractivity contribution in [3.63, 3.8) is 0 Å². The number of rotatable bonds is 7. The molecule has 126 valence electrons. The minimum atomic E-state index is -2.91. The highest BCUT2D eigenvalue weighted by atomic mass is 79.9. The number of hydrogen-bond acceptors (Lipinski definition) is 3. The van der Waals surface area contributed by atoms with Crippen LogP contribution in [0.25, 0.3) is 0 Å². The summed E-state index contributed by atoms with van der Waals surface area (Å²) < 4.78 is 36.5. The molecule has 0 saturated carbocycles. The Kier molecular flexibility index (Phi) is 7.56. The van der Waals surface area contributed by atoms with E-state index in [1.807, 2.05) is 0 Å². The highest BCUT2D eigenvalue weighted by Crippen LogP contribution is 2.22. The van der Waals surface area contributed by atoms with Gasteiger partial charge in [0.05, 0.1) is 12.1 Å². The molecule has 1 unspecified atom stereocenters. The predicted octanol–water partition coefficient (Wildman–Crippen LogP) is 4.07. The largest absolute Gasteiger partial charge is 0.444 e. The second-order valence-electron chi connectivity index (χ2n) is 6.44. The van der Waals surface area contributed by atoms with Gasteiger partial charge in [0.25, 0.3) is 5.92 Å². The minimum absolute atomic E-state index is 0.166. The molecule has 21 heavy (non-hydrogen) atoms. The number of nitrogens with zero attached hydrogens (tertiary/aromatic N) is 1. The quantitative estimate of drug-likeness (QED) is 0.631. The molecule has 0 saturated heterocycles. The summed E-state index contributed by atoms with van der Waals surface area (Å²) in [6, 6.07) is 0. The number of ether oxygens (including phenoxy) is 2. The number of carbonyl (C=O) groups excluding carboxylic acids is 1. The SMILES string of the molecule is CCN(CC(C)(CBr)OCC(C)(F)F)C(=O)OC(C)(C)C. The molecule has 0 spiro atoms. The maximum Gasteiger partial charge on any atom is 0.410 e. The Balaban J connectivity index is 4.78. The molecule has 0 aromatic heterocycles. The fourth-order valence-electron chi connectivity index (χ4n) is 1.46. The zero-order chi connectivity index (χ0) is 16.9. The summed E-state index contributed by atoms with van der Waals surface area (Å²) in [5, 5.41) is 0.329. The topological polar surface area (TPSA) is 38.8 Å². The Bertz CT molecular complexity index is 342. The van der Waals surface area contributed by atoms with Gasteiger partial charge >= 0.3 is 6.09 Å². The molecule has 0 aliphatic heterocycles. The molecule has 0 aromatic rings. The van der Waals surface area contributed by atoms with E-state index in [2.05, 4.69) is 15.9 Å². The lowest BCUT2D eigenvalue weighted by Gasteiger charge is -2.35. The third-order valence-corrected chi connectivity index (χ3v) is 3.70. The van der Waals surface area contributed by atoms with Gasteiger partial charge in [-0.2, -0.15) is 0 Å². The molecule has 0 aliphatic carbocycles. The third kappa shape index (κ3) is 9.24. The minimum Gasteiger partial charge on any atom is -0.444 e. The van der Waals surface area contributed by atoms with E-state index in [4.69, 9.17) is 9.47 Å². The molecule has 1 amide bonds. The number of amides is 1. The smallest absolute Gasteiger partial charge is 0.410 e. The summed E-state index contributed by atoms with van der Waals surface area (Å²) in [6.07, 6.45) is -0.482. The Labute approximate surface area is 134 Å². The Morgan fingerprint density at radius 1 is 1.19 bits per heavy atom. The molecule has 0 heterocycles. The van der Waals surface area contributed by atoms with Crippen molar-refractivity contribution in [1.29, 1.82) is 0 Å². The highest BCUT2D eigenvalue weighted by molar-refractivity contribution is 9.09. The van der Waals surface area contributed by atoms with Crippen LogP contribution in [-0.2, 0) is 9.47 Å². The van der Waals surface area contributed by atoms with Crippen LogP contribution in [0.2, 0.25) is 0 Å². The van der Waals surface area contributed by atoms with Gasteiger partial charge in [-0.25, -0.2) is 13.6 Å². The molecule has 0 fully saturated rings. The summed E-state index contributed by atoms with van der Waals surface area (Å²) in [6.45, 7) is 9.48. The molecule has 0 aliphatic rings. The van der Waals surface area contributed by atoms with Gasteiger partial charge in [0, 0.05) is 18.8 Å². The first-order valence-electron chi connectivity index (χ1n) is 6.87. The van der Waals surface area contributed by atoms with Crippen LogP contribution in [0.4, 0.5) is 13.6 Å². The van der Waals surface area contributed by atoms with E-state index in [1.54, 1.807) is 34.6 Å². The molecule has 0 bridgehead atoms. The normalized spacial score (nSPS) is 15.5. The first-order valence-corrected chi connectivity index (χ1v) is 8.00. The van der Waals surface area contributed by atoms with Crippen LogP contribution in [0, 0.1) is 0 Å². The Morgan fingerprint density at radius 3 is 2.05 bits per heavy atom. The molecular weight excluding hydrogens is 348 g/mol. The monoisotopic (exact) mass is 373 g/mol. The summed E-state index contributed by atoms with van der Waals surface area (Å²) in [4.78, 5) is 13.5. The van der Waals surface area contributed by atoms with E-state index in [-0.39, 0.29) is 6.54 Å². The standard InChI is InChI=1S/C14H26BrF2NO3/c1-7-18(11(19)21-12(2,3)4)9-13(5,8-15)20-10-14(6,16)17/h7-10H2,1-6H3. The molecule has 0 rings (SSSR count). The lowest BCUT2D eigenvalue weighted by atomic mass is 10.1. The van der Waals surface area contributed by atoms with Crippen molar-refractivity contribution in [3.05, 3.63) is 0 Å². The van der Waals surface area contributed by atoms with Gasteiger partial charge in [-0.05, 0) is 34.6 Å². The maximum absolute atomic E-state index is 12.9. The average Bonchev–Trinajstić information content (AvgIpc) is 2.30. The second kappa shape index (κ2) is 7.72. The van der Waals surface area contributed by atoms with Gasteiger partial charge in [0.2, 0.25) is 0 Å². The van der Waals surface area contributed by atoms with Crippen molar-refractivity contribution in [2.75, 3.05) is 25.0 Å². The lowest BCUT2D eigenvalue weighted by molar-refractivity contribution is -0.122. The van der Waals surface area contributed by atoms with Crippen LogP contribution in [0.15, 0.2) is 0 Å². The summed E-state index contributed by atoms with van der Waals surface area (Å²) >= 11 is 3.26. The molecule has 0 N–H and O–H groups in total. The zero-order valence-electron chi connectivity index (χ0n) is 13.6. The molecule has 7 heteroatoms. The Hall–Kier alpha value is -0.430. The van der Waals surface area contributed by atoms with Crippen LogP contribution in [0.3, 0.4) is 0 Å². The van der Waals surface area contributed by atoms with Gasteiger partial charge in [-0.1, -0.05) is 15.9 Å². The van der Waals surface area contributed by atoms with Crippen LogP contribution in [0.5, 0.6) is 0 Å². The van der Waals surface area contributed by atoms with Gasteiger partial charge < -0.3 is 14.4 Å². The van der Waals surface area contributed by atoms with Crippen molar-refractivity contribution in [1.82, 2.24) is 4.90 Å². The average molecular weight is 374 g/mol. The fourth-order valence-corrected chi connectivity index (χ4v) is 1.80. The molecule has 1 atom stereocenters. The van der Waals surface area contributed by atoms with E-state index in [1.165, 1.54) is 4.90 Å². The summed E-state index contributed by atoms with van der Waals surface area (Å²) in [5.74, 6) is -2.91. The predicted molar refractivity (Wildman–Crippen MR) is 82.3 cm³/mol. The molecule has 0 aromatic carbocycles. The fraction of sp³-hybridized carbons (Fsp3) is 0.929. The zero-order valence-corrected chi connectivity index (χ0v) is 15.2. The number of alkyl halides is 3. The Morgan fingerprint density at radius 2 is 1.71 bits per heavy atom. The van der Waals surface area contributed by atoms with E-state index in [0.717, 1.165) is 6.92 Å². The molecular formula is C14H26BrF2NO3. The number of carbonyl (C=O) groups is 1. The van der Waals surface area contributed by atoms with Gasteiger partial charge in [0.15, 0.2) is 0 Å². The van der Waals surface area contributed by atoms with E-state index in [9.17, 15) is 13.6 Å². The lowest BCUT2D eigenvalue weighted by Crippen LogP contribution is -2.49. The third-order valence-electron chi connectivity index (χ3n) is 2.52. The van der Waals surface area contributed by atoms with E-state index < -0.39 is 29.8 Å². The van der Waals surface area contributed by atoms with Gasteiger partial charge in [-0.3, -0.25) is 0 Å². The van der Waals surface area contributed by atoms with Crippen LogP contribution in [-0.4, -0.2) is 53.1 Å². The van der Waals surface area contributed by atoms with Gasteiger partial charge in [-0.15, -0.1) is 0 Å². The van der Waals surface area contributed by atoms with Crippen molar-refractivity contribution in [3.8, 4) is 0 Å². The van der Waals surface area contributed by atoms with Crippen molar-refractivity contribution < 1.29 is 23.0 Å². The first kappa shape index (κ1) is 20.6. The van der Waals surface area contributed by atoms with Crippen LogP contribution in [0.1, 0.15) is 41.5 Å². The van der Waals surface area contributed by atoms with Gasteiger partial charge in [0.1, 0.15) is 12.2 Å². The van der Waals surface area contributed by atoms with Crippen LogP contribution < -0.4 is 0 Å². The van der Waals surface area contributed by atoms with E-state index >= 15 is 0 Å². The van der Waals surface area contributed by atoms with Crippen LogP contribution >= 0.6 is 15.9 Å². The van der Waals surface area contributed by atoms with E-state index in [0.29, 0.717) is 11.9 Å². The number of likely N-dealkylation sites (N-methyl/N-ethyl adjacent to an activating group) is 1. The van der Waals surface area contributed by atoms with Crippen molar-refractivity contribution in [2.24, 2.45) is 0 Å². The maximum atomic E-state index is 12.9. The number of halogens is 3. The molecule has 4 nitrogen and oxygen atoms in total. The van der Waals surface area contributed by atoms with Crippen molar-refractivity contribution in [2.45, 2.75) is 58.7 Å². The number of hydrogen-bond donors (Lipinski definition) is 0. The highest BCUT2D eigenvalue weighted by Gasteiger charge is 2.34. The first-order chi connectivity index (χ1) is 9.32. The second-order valence-corrected chi connectivity index (χ2v) is 7.00.